The van der Waals surface area contributed by atoms with Gasteiger partial charge in [-0.05, 0) is 89.2 Å². The highest BCUT2D eigenvalue weighted by molar-refractivity contribution is 8.11. The zero-order valence-electron chi connectivity index (χ0n) is 17.1. The van der Waals surface area contributed by atoms with Gasteiger partial charge in [0.1, 0.15) is 20.4 Å². The predicted octanol–water partition coefficient (Wildman–Crippen LogP) is 6.09. The molecule has 5 rings (SSSR count). The van der Waals surface area contributed by atoms with Crippen LogP contribution < -0.4 is 4.74 Å². The van der Waals surface area contributed by atoms with Gasteiger partial charge in [-0.1, -0.05) is 42.8 Å². The normalized spacial score (nSPS) is 22.7. The first kappa shape index (κ1) is 19.3. The molecule has 3 atom stereocenters. The lowest BCUT2D eigenvalue weighted by atomic mass is 9.89. The Kier molecular flexibility index (Phi) is 5.08. The maximum absolute atomic E-state index is 12.7. The van der Waals surface area contributed by atoms with E-state index in [0.717, 1.165) is 17.2 Å². The lowest BCUT2D eigenvalue weighted by Gasteiger charge is -2.21. The largest absolute Gasteiger partial charge is 0.426 e. The third-order valence-corrected chi connectivity index (χ3v) is 10.0. The van der Waals surface area contributed by atoms with E-state index in [1.165, 1.54) is 29.1 Å². The number of ether oxygens (including phenoxy) is 1. The van der Waals surface area contributed by atoms with Crippen molar-refractivity contribution in [2.45, 2.75) is 40.4 Å². The highest BCUT2D eigenvalue weighted by atomic mass is 32.2. The Balaban J connectivity index is 1.42. The van der Waals surface area contributed by atoms with Crippen LogP contribution in [0.2, 0.25) is 0 Å². The van der Waals surface area contributed by atoms with Gasteiger partial charge in [0.2, 0.25) is 0 Å². The van der Waals surface area contributed by atoms with Gasteiger partial charge in [-0.2, -0.15) is 0 Å². The molecular formula is C27H27O2S+. The van der Waals surface area contributed by atoms with E-state index in [9.17, 15) is 4.79 Å². The molecule has 30 heavy (non-hydrogen) atoms. The maximum atomic E-state index is 12.7. The highest BCUT2D eigenvalue weighted by Crippen LogP contribution is 2.48. The molecule has 0 N–H and O–H groups in total. The van der Waals surface area contributed by atoms with Crippen molar-refractivity contribution in [2.24, 2.45) is 17.8 Å². The number of rotatable bonds is 5. The lowest BCUT2D eigenvalue weighted by molar-refractivity contribution is -0.140. The first-order valence-electron chi connectivity index (χ1n) is 10.7. The molecule has 0 spiro atoms. The first-order valence-corrected chi connectivity index (χ1v) is 12.5. The van der Waals surface area contributed by atoms with Crippen molar-refractivity contribution >= 4 is 21.5 Å². The van der Waals surface area contributed by atoms with Crippen LogP contribution >= 0.6 is 0 Å². The van der Waals surface area contributed by atoms with Gasteiger partial charge in [0.15, 0.2) is 0 Å². The molecule has 3 unspecified atom stereocenters. The van der Waals surface area contributed by atoms with E-state index in [1.54, 1.807) is 0 Å². The Morgan fingerprint density at radius 1 is 0.767 bits per heavy atom. The summed E-state index contributed by atoms with van der Waals surface area (Å²) in [5.74, 6) is 6.69. The van der Waals surface area contributed by atoms with Gasteiger partial charge in [-0.3, -0.25) is 4.79 Å². The summed E-state index contributed by atoms with van der Waals surface area (Å²) in [5, 5.41) is 0. The Bertz CT molecular complexity index is 1030. The van der Waals surface area contributed by atoms with E-state index in [-0.39, 0.29) is 11.9 Å². The van der Waals surface area contributed by atoms with E-state index in [2.05, 4.69) is 60.7 Å². The molecule has 2 aliphatic rings. The molecule has 0 aliphatic heterocycles. The van der Waals surface area contributed by atoms with E-state index >= 15 is 0 Å². The number of esters is 1. The van der Waals surface area contributed by atoms with Crippen molar-refractivity contribution in [1.29, 1.82) is 0 Å². The Morgan fingerprint density at radius 2 is 1.33 bits per heavy atom. The molecule has 3 heteroatoms. The molecule has 2 aliphatic carbocycles. The first-order chi connectivity index (χ1) is 14.6. The number of hydrogen-bond acceptors (Lipinski definition) is 2. The minimum atomic E-state index is -1.63. The zero-order valence-corrected chi connectivity index (χ0v) is 17.9. The summed E-state index contributed by atoms with van der Waals surface area (Å²) in [7, 11) is -1.63. The second-order valence-electron chi connectivity index (χ2n) is 8.54. The fraction of sp³-hybridized carbons (Fsp3) is 0.259. The molecule has 2 fully saturated rings. The zero-order chi connectivity index (χ0) is 20.6. The molecule has 0 aromatic heterocycles. The predicted molar refractivity (Wildman–Crippen MR) is 123 cm³/mol. The molecule has 0 heterocycles. The molecule has 152 valence electrons. The van der Waals surface area contributed by atoms with E-state index in [4.69, 9.17) is 10.6 Å². The minimum Gasteiger partial charge on any atom is -0.426 e. The molecule has 2 nitrogen and oxygen atoms in total. The van der Waals surface area contributed by atoms with Crippen molar-refractivity contribution in [1.82, 2.24) is 0 Å². The van der Waals surface area contributed by atoms with Crippen LogP contribution in [0, 0.1) is 17.8 Å². The fourth-order valence-corrected chi connectivity index (χ4v) is 7.84. The third kappa shape index (κ3) is 3.41. The topological polar surface area (TPSA) is 26.3 Å². The SMILES string of the molecule is C=[S+](c1ccccc1)(c1ccccc1)c1ccc(OC(=O)C2CC3CCC2C3)cc1. The Labute approximate surface area is 179 Å². The summed E-state index contributed by atoms with van der Waals surface area (Å²) in [6, 6.07) is 28.9. The van der Waals surface area contributed by atoms with Crippen LogP contribution in [0.3, 0.4) is 0 Å². The van der Waals surface area contributed by atoms with Gasteiger partial charge in [0.25, 0.3) is 0 Å². The second kappa shape index (κ2) is 7.88. The van der Waals surface area contributed by atoms with Crippen molar-refractivity contribution < 1.29 is 9.53 Å². The van der Waals surface area contributed by atoms with Crippen LogP contribution in [-0.4, -0.2) is 11.8 Å². The Morgan fingerprint density at radius 3 is 1.83 bits per heavy atom. The van der Waals surface area contributed by atoms with Gasteiger partial charge >= 0.3 is 5.97 Å². The van der Waals surface area contributed by atoms with Gasteiger partial charge in [-0.25, -0.2) is 0 Å². The van der Waals surface area contributed by atoms with Crippen LogP contribution in [-0.2, 0) is 14.4 Å². The smallest absolute Gasteiger partial charge is 0.314 e. The quantitative estimate of drug-likeness (QED) is 0.218. The van der Waals surface area contributed by atoms with Crippen LogP contribution in [0.4, 0.5) is 0 Å². The molecular weight excluding hydrogens is 388 g/mol. The van der Waals surface area contributed by atoms with E-state index < -0.39 is 9.62 Å². The number of fused-ring (bicyclic) bond motifs is 2. The number of carbonyl (C=O) groups excluding carboxylic acids is 1. The summed E-state index contributed by atoms with van der Waals surface area (Å²) in [5.41, 5.74) is 0. The summed E-state index contributed by atoms with van der Waals surface area (Å²) in [6.07, 6.45) is 4.69. The van der Waals surface area contributed by atoms with Crippen LogP contribution in [0.1, 0.15) is 25.7 Å². The minimum absolute atomic E-state index is 0.0469. The summed E-state index contributed by atoms with van der Waals surface area (Å²) in [4.78, 5) is 16.3. The average Bonchev–Trinajstić information content (AvgIpc) is 3.44. The van der Waals surface area contributed by atoms with Gasteiger partial charge in [0, 0.05) is 0 Å². The van der Waals surface area contributed by atoms with Gasteiger partial charge in [-0.15, -0.1) is 0 Å². The van der Waals surface area contributed by atoms with E-state index in [1.807, 2.05) is 24.3 Å². The Hall–Kier alpha value is -2.65. The molecule has 3 aromatic rings. The van der Waals surface area contributed by atoms with Crippen molar-refractivity contribution in [2.75, 3.05) is 0 Å². The van der Waals surface area contributed by atoms with Crippen molar-refractivity contribution in [3.63, 3.8) is 0 Å². The van der Waals surface area contributed by atoms with Gasteiger partial charge < -0.3 is 4.74 Å². The molecule has 0 radical (unpaired) electrons. The number of carbonyl (C=O) groups is 1. The third-order valence-electron chi connectivity index (χ3n) is 6.78. The molecule has 3 aromatic carbocycles. The van der Waals surface area contributed by atoms with Crippen LogP contribution in [0.25, 0.3) is 0 Å². The summed E-state index contributed by atoms with van der Waals surface area (Å²) >= 11 is 0. The summed E-state index contributed by atoms with van der Waals surface area (Å²) < 4.78 is 5.78. The standard InChI is InChI=1S/C27H27O2S/c1-30(23-8-4-2-5-9-23,24-10-6-3-7-11-24)25-16-14-22(15-17-25)29-27(28)26-19-20-12-13-21(26)18-20/h2-11,14-17,20-21,26H,1,12-13,18-19H2/q+1. The van der Waals surface area contributed by atoms with Gasteiger partial charge in [0.05, 0.1) is 11.8 Å². The molecule has 0 saturated heterocycles. The fourth-order valence-electron chi connectivity index (χ4n) is 5.18. The van der Waals surface area contributed by atoms with Crippen molar-refractivity contribution in [3.8, 4) is 5.75 Å². The van der Waals surface area contributed by atoms with Crippen LogP contribution in [0.5, 0.6) is 5.75 Å². The number of hydrogen-bond donors (Lipinski definition) is 0. The molecule has 2 saturated carbocycles. The van der Waals surface area contributed by atoms with Crippen LogP contribution in [0.15, 0.2) is 99.6 Å². The number of benzene rings is 3. The monoisotopic (exact) mass is 415 g/mol. The highest BCUT2D eigenvalue weighted by Gasteiger charge is 2.44. The van der Waals surface area contributed by atoms with E-state index in [0.29, 0.717) is 11.7 Å². The van der Waals surface area contributed by atoms with Crippen molar-refractivity contribution in [3.05, 3.63) is 84.9 Å². The molecule has 0 amide bonds. The lowest BCUT2D eigenvalue weighted by Crippen LogP contribution is -2.25. The summed E-state index contributed by atoms with van der Waals surface area (Å²) in [6.45, 7) is 0. The maximum Gasteiger partial charge on any atom is 0.314 e. The average molecular weight is 416 g/mol. The molecule has 2 bridgehead atoms. The second-order valence-corrected chi connectivity index (χ2v) is 11.4.